The van der Waals surface area contributed by atoms with E-state index in [1.807, 2.05) is 24.3 Å². The summed E-state index contributed by atoms with van der Waals surface area (Å²) < 4.78 is 14.6. The molecule has 3 nitrogen and oxygen atoms in total. The van der Waals surface area contributed by atoms with Gasteiger partial charge < -0.3 is 5.73 Å². The van der Waals surface area contributed by atoms with E-state index in [-0.39, 0.29) is 16.4 Å². The summed E-state index contributed by atoms with van der Waals surface area (Å²) in [6.45, 7) is 0. The molecular weight excluding hydrogens is 333 g/mol. The van der Waals surface area contributed by atoms with Crippen molar-refractivity contribution < 1.29 is 4.39 Å². The zero-order valence-corrected chi connectivity index (χ0v) is 12.0. The van der Waals surface area contributed by atoms with E-state index in [9.17, 15) is 4.39 Å². The summed E-state index contributed by atoms with van der Waals surface area (Å²) >= 11 is 9.22. The zero-order chi connectivity index (χ0) is 13.8. The lowest BCUT2D eigenvalue weighted by Crippen LogP contribution is -2.17. The molecule has 0 aliphatic rings. The number of benzene rings is 2. The summed E-state index contributed by atoms with van der Waals surface area (Å²) in [5.41, 5.74) is 9.30. The first-order valence-electron chi connectivity index (χ1n) is 5.37. The van der Waals surface area contributed by atoms with Gasteiger partial charge in [0.15, 0.2) is 5.84 Å². The van der Waals surface area contributed by atoms with Crippen molar-refractivity contribution in [2.24, 2.45) is 10.8 Å². The summed E-state index contributed by atoms with van der Waals surface area (Å²) in [6.07, 6.45) is 0. The van der Waals surface area contributed by atoms with Gasteiger partial charge in [-0.1, -0.05) is 33.6 Å². The van der Waals surface area contributed by atoms with Gasteiger partial charge in [0, 0.05) is 4.47 Å². The van der Waals surface area contributed by atoms with E-state index in [1.165, 1.54) is 12.1 Å². The molecular formula is C13H10BrClFN3. The number of nitrogens with one attached hydrogen (secondary N) is 1. The van der Waals surface area contributed by atoms with Gasteiger partial charge in [0.05, 0.1) is 16.3 Å². The van der Waals surface area contributed by atoms with E-state index in [0.717, 1.165) is 10.2 Å². The number of nitrogens with two attached hydrogens (primary N) is 1. The lowest BCUT2D eigenvalue weighted by atomic mass is 10.2. The first-order valence-corrected chi connectivity index (χ1v) is 6.54. The molecule has 0 atom stereocenters. The topological polar surface area (TPSA) is 50.4 Å². The standard InChI is InChI=1S/C13H10BrClFN3/c14-8-4-6-9(7-5-8)18-19-13(17)12-10(15)2-1-3-11(12)16/h1-7,18H,(H2,17,19). The second-order valence-corrected chi connectivity index (χ2v) is 5.04. The van der Waals surface area contributed by atoms with Crippen LogP contribution in [-0.4, -0.2) is 5.84 Å². The van der Waals surface area contributed by atoms with Crippen LogP contribution in [0.2, 0.25) is 5.02 Å². The molecule has 0 fully saturated rings. The molecule has 0 aliphatic heterocycles. The number of hydrogen-bond donors (Lipinski definition) is 2. The molecule has 2 aromatic rings. The summed E-state index contributed by atoms with van der Waals surface area (Å²) in [4.78, 5) is 0. The van der Waals surface area contributed by atoms with E-state index in [2.05, 4.69) is 26.5 Å². The molecule has 19 heavy (non-hydrogen) atoms. The van der Waals surface area contributed by atoms with E-state index in [0.29, 0.717) is 0 Å². The molecule has 0 saturated heterocycles. The van der Waals surface area contributed by atoms with Gasteiger partial charge in [-0.05, 0) is 36.4 Å². The summed E-state index contributed by atoms with van der Waals surface area (Å²) in [6, 6.07) is 11.7. The Morgan fingerprint density at radius 1 is 1.21 bits per heavy atom. The Morgan fingerprint density at radius 3 is 2.53 bits per heavy atom. The van der Waals surface area contributed by atoms with Crippen molar-refractivity contribution in [1.82, 2.24) is 0 Å². The number of rotatable bonds is 3. The van der Waals surface area contributed by atoms with Crippen molar-refractivity contribution in [2.45, 2.75) is 0 Å². The van der Waals surface area contributed by atoms with Crippen molar-refractivity contribution in [2.75, 3.05) is 5.43 Å². The Balaban J connectivity index is 2.22. The van der Waals surface area contributed by atoms with Crippen LogP contribution in [-0.2, 0) is 0 Å². The molecule has 0 aliphatic carbocycles. The van der Waals surface area contributed by atoms with Gasteiger partial charge >= 0.3 is 0 Å². The Kier molecular flexibility index (Phi) is 4.39. The number of halogens is 3. The Hall–Kier alpha value is -1.59. The maximum atomic E-state index is 13.6. The second-order valence-electron chi connectivity index (χ2n) is 3.71. The Morgan fingerprint density at radius 2 is 1.89 bits per heavy atom. The van der Waals surface area contributed by atoms with E-state index >= 15 is 0 Å². The first kappa shape index (κ1) is 13.8. The third-order valence-corrected chi connectivity index (χ3v) is 3.21. The van der Waals surface area contributed by atoms with Crippen molar-refractivity contribution in [3.05, 3.63) is 63.3 Å². The van der Waals surface area contributed by atoms with E-state index in [1.54, 1.807) is 6.07 Å². The van der Waals surface area contributed by atoms with Crippen LogP contribution in [0.5, 0.6) is 0 Å². The number of amidine groups is 1. The maximum absolute atomic E-state index is 13.6. The third-order valence-electron chi connectivity index (χ3n) is 2.37. The summed E-state index contributed by atoms with van der Waals surface area (Å²) in [5, 5.41) is 4.14. The van der Waals surface area contributed by atoms with Crippen LogP contribution in [0, 0.1) is 5.82 Å². The van der Waals surface area contributed by atoms with E-state index in [4.69, 9.17) is 17.3 Å². The van der Waals surface area contributed by atoms with Crippen LogP contribution in [0.3, 0.4) is 0 Å². The van der Waals surface area contributed by atoms with Crippen LogP contribution in [0.4, 0.5) is 10.1 Å². The molecule has 2 rings (SSSR count). The molecule has 0 heterocycles. The molecule has 0 saturated carbocycles. The Labute approximate surface area is 123 Å². The minimum atomic E-state index is -0.508. The van der Waals surface area contributed by atoms with Crippen LogP contribution < -0.4 is 11.2 Å². The average Bonchev–Trinajstić information content (AvgIpc) is 2.38. The fraction of sp³-hybridized carbons (Fsp3) is 0. The third kappa shape index (κ3) is 3.45. The molecule has 0 spiro atoms. The van der Waals surface area contributed by atoms with Crippen LogP contribution in [0.15, 0.2) is 52.0 Å². The number of nitrogens with zero attached hydrogens (tertiary/aromatic N) is 1. The van der Waals surface area contributed by atoms with Gasteiger partial charge in [0.25, 0.3) is 0 Å². The summed E-state index contributed by atoms with van der Waals surface area (Å²) in [7, 11) is 0. The monoisotopic (exact) mass is 341 g/mol. The SMILES string of the molecule is NC(=NNc1ccc(Br)cc1)c1c(F)cccc1Cl. The number of hydrazone groups is 1. The molecule has 98 valence electrons. The van der Waals surface area contributed by atoms with Crippen LogP contribution in [0.1, 0.15) is 5.56 Å². The molecule has 0 radical (unpaired) electrons. The predicted molar refractivity (Wildman–Crippen MR) is 79.9 cm³/mol. The number of anilines is 1. The highest BCUT2D eigenvalue weighted by molar-refractivity contribution is 9.10. The molecule has 2 aromatic carbocycles. The molecule has 0 aromatic heterocycles. The average molecular weight is 343 g/mol. The largest absolute Gasteiger partial charge is 0.382 e. The smallest absolute Gasteiger partial charge is 0.155 e. The van der Waals surface area contributed by atoms with Gasteiger partial charge in [0.2, 0.25) is 0 Å². The lowest BCUT2D eigenvalue weighted by molar-refractivity contribution is 0.625. The van der Waals surface area contributed by atoms with Gasteiger partial charge in [0.1, 0.15) is 5.82 Å². The van der Waals surface area contributed by atoms with Crippen molar-refractivity contribution >= 4 is 39.1 Å². The minimum absolute atomic E-state index is 0.00832. The maximum Gasteiger partial charge on any atom is 0.155 e. The molecule has 0 amide bonds. The highest BCUT2D eigenvalue weighted by atomic mass is 79.9. The van der Waals surface area contributed by atoms with Crippen molar-refractivity contribution in [3.63, 3.8) is 0 Å². The van der Waals surface area contributed by atoms with Crippen LogP contribution in [0.25, 0.3) is 0 Å². The highest BCUT2D eigenvalue weighted by Crippen LogP contribution is 2.19. The number of hydrogen-bond acceptors (Lipinski definition) is 2. The fourth-order valence-corrected chi connectivity index (χ4v) is 1.97. The van der Waals surface area contributed by atoms with Crippen molar-refractivity contribution in [3.8, 4) is 0 Å². The van der Waals surface area contributed by atoms with Gasteiger partial charge in [-0.3, -0.25) is 5.43 Å². The fourth-order valence-electron chi connectivity index (χ4n) is 1.45. The second kappa shape index (κ2) is 6.04. The highest BCUT2D eigenvalue weighted by Gasteiger charge is 2.10. The van der Waals surface area contributed by atoms with Gasteiger partial charge in [-0.15, -0.1) is 0 Å². The molecule has 0 unspecified atom stereocenters. The van der Waals surface area contributed by atoms with Crippen LogP contribution >= 0.6 is 27.5 Å². The molecule has 3 N–H and O–H groups in total. The summed E-state index contributed by atoms with van der Waals surface area (Å²) in [5.74, 6) is -0.516. The zero-order valence-electron chi connectivity index (χ0n) is 9.70. The van der Waals surface area contributed by atoms with Gasteiger partial charge in [-0.25, -0.2) is 4.39 Å². The molecule has 0 bridgehead atoms. The van der Waals surface area contributed by atoms with Crippen molar-refractivity contribution in [1.29, 1.82) is 0 Å². The quantitative estimate of drug-likeness (QED) is 0.504. The molecule has 6 heteroatoms. The lowest BCUT2D eigenvalue weighted by Gasteiger charge is -2.06. The van der Waals surface area contributed by atoms with E-state index < -0.39 is 5.82 Å². The normalized spacial score (nSPS) is 11.4. The van der Waals surface area contributed by atoms with Gasteiger partial charge in [-0.2, -0.15) is 5.10 Å². The first-order chi connectivity index (χ1) is 9.08. The Bertz CT molecular complexity index is 594. The predicted octanol–water partition coefficient (Wildman–Crippen LogP) is 3.97. The minimum Gasteiger partial charge on any atom is -0.382 e.